The van der Waals surface area contributed by atoms with Gasteiger partial charge in [-0.3, -0.25) is 4.79 Å². The summed E-state index contributed by atoms with van der Waals surface area (Å²) in [5.74, 6) is -2.75. The van der Waals surface area contributed by atoms with E-state index in [4.69, 9.17) is 16.7 Å². The molecule has 80 valence electrons. The average molecular weight is 233 g/mol. The Morgan fingerprint density at radius 3 is 2.40 bits per heavy atom. The van der Waals surface area contributed by atoms with Crippen LogP contribution in [0.4, 0.5) is 8.78 Å². The average Bonchev–Trinajstić information content (AvgIpc) is 2.13. The lowest BCUT2D eigenvalue weighted by molar-refractivity contribution is -0.135. The number of rotatable bonds is 3. The lowest BCUT2D eigenvalue weighted by Gasteiger charge is -1.98. The molecule has 1 N–H and O–H groups in total. The van der Waals surface area contributed by atoms with Gasteiger partial charge >= 0.3 is 5.97 Å². The molecular formula is C10H7ClF2O2. The fourth-order valence-corrected chi connectivity index (χ4v) is 1.08. The Kier molecular flexibility index (Phi) is 3.80. The zero-order chi connectivity index (χ0) is 11.4. The molecule has 0 radical (unpaired) electrons. The Bertz CT molecular complexity index is 393. The molecule has 0 spiro atoms. The molecule has 0 heterocycles. The number of carboxylic acid groups (broad SMARTS) is 1. The van der Waals surface area contributed by atoms with Crippen molar-refractivity contribution in [3.8, 4) is 0 Å². The van der Waals surface area contributed by atoms with Gasteiger partial charge in [0.25, 0.3) is 0 Å². The zero-order valence-corrected chi connectivity index (χ0v) is 8.26. The van der Waals surface area contributed by atoms with Crippen molar-refractivity contribution in [2.24, 2.45) is 0 Å². The van der Waals surface area contributed by atoms with E-state index in [0.717, 1.165) is 12.1 Å². The van der Waals surface area contributed by atoms with Crippen LogP contribution in [0.1, 0.15) is 12.0 Å². The maximum Gasteiger partial charge on any atom is 0.307 e. The van der Waals surface area contributed by atoms with Gasteiger partial charge in [-0.2, -0.15) is 0 Å². The van der Waals surface area contributed by atoms with Gasteiger partial charge in [0.15, 0.2) is 0 Å². The van der Waals surface area contributed by atoms with Gasteiger partial charge in [0.2, 0.25) is 0 Å². The van der Waals surface area contributed by atoms with E-state index in [1.165, 1.54) is 12.2 Å². The molecular weight excluding hydrogens is 226 g/mol. The molecule has 2 nitrogen and oxygen atoms in total. The first-order valence-corrected chi connectivity index (χ1v) is 4.41. The second-order valence-corrected chi connectivity index (χ2v) is 3.18. The predicted molar refractivity (Wildman–Crippen MR) is 52.7 cm³/mol. The molecule has 5 heteroatoms. The predicted octanol–water partition coefficient (Wildman–Crippen LogP) is 3.11. The molecule has 0 saturated heterocycles. The van der Waals surface area contributed by atoms with Crippen molar-refractivity contribution in [3.05, 3.63) is 40.4 Å². The summed E-state index contributed by atoms with van der Waals surface area (Å²) < 4.78 is 25.8. The maximum absolute atomic E-state index is 12.9. The van der Waals surface area contributed by atoms with E-state index < -0.39 is 22.6 Å². The number of carbonyl (C=O) groups is 1. The SMILES string of the molecule is O=C(O)CC=Cc1cc(F)c(Cl)c(F)c1. The molecule has 1 aromatic rings. The third kappa shape index (κ3) is 3.32. The molecule has 15 heavy (non-hydrogen) atoms. The van der Waals surface area contributed by atoms with Crippen LogP contribution in [0.3, 0.4) is 0 Å². The molecule has 1 aromatic carbocycles. The normalized spacial score (nSPS) is 10.9. The van der Waals surface area contributed by atoms with Crippen LogP contribution in [0.2, 0.25) is 5.02 Å². The topological polar surface area (TPSA) is 37.3 Å². The van der Waals surface area contributed by atoms with Crippen molar-refractivity contribution >= 4 is 23.6 Å². The van der Waals surface area contributed by atoms with E-state index in [-0.39, 0.29) is 12.0 Å². The largest absolute Gasteiger partial charge is 0.481 e. The molecule has 1 rings (SSSR count). The smallest absolute Gasteiger partial charge is 0.307 e. The molecule has 0 aliphatic rings. The van der Waals surface area contributed by atoms with Crippen LogP contribution >= 0.6 is 11.6 Å². The first kappa shape index (κ1) is 11.7. The Morgan fingerprint density at radius 1 is 1.40 bits per heavy atom. The van der Waals surface area contributed by atoms with Crippen molar-refractivity contribution in [2.75, 3.05) is 0 Å². The summed E-state index contributed by atoms with van der Waals surface area (Å²) in [4.78, 5) is 10.2. The van der Waals surface area contributed by atoms with Crippen LogP contribution in [0.5, 0.6) is 0 Å². The number of aliphatic carboxylic acids is 1. The van der Waals surface area contributed by atoms with Crippen molar-refractivity contribution in [1.82, 2.24) is 0 Å². The van der Waals surface area contributed by atoms with Gasteiger partial charge in [-0.05, 0) is 17.7 Å². The Balaban J connectivity index is 2.87. The van der Waals surface area contributed by atoms with Crippen molar-refractivity contribution in [3.63, 3.8) is 0 Å². The summed E-state index contributed by atoms with van der Waals surface area (Å²) >= 11 is 5.27. The summed E-state index contributed by atoms with van der Waals surface area (Å²) in [6.45, 7) is 0. The highest BCUT2D eigenvalue weighted by Gasteiger charge is 2.06. The fourth-order valence-electron chi connectivity index (χ4n) is 0.967. The van der Waals surface area contributed by atoms with Gasteiger partial charge in [0, 0.05) is 0 Å². The minimum atomic E-state index is -1.01. The van der Waals surface area contributed by atoms with E-state index >= 15 is 0 Å². The highest BCUT2D eigenvalue weighted by molar-refractivity contribution is 6.30. The van der Waals surface area contributed by atoms with Crippen molar-refractivity contribution < 1.29 is 18.7 Å². The van der Waals surface area contributed by atoms with Gasteiger partial charge in [-0.1, -0.05) is 23.8 Å². The van der Waals surface area contributed by atoms with E-state index in [2.05, 4.69) is 0 Å². The summed E-state index contributed by atoms with van der Waals surface area (Å²) in [5.41, 5.74) is 0.232. The minimum absolute atomic E-state index is 0.203. The first-order chi connectivity index (χ1) is 7.00. The fraction of sp³-hybridized carbons (Fsp3) is 0.100. The van der Waals surface area contributed by atoms with Crippen LogP contribution in [-0.2, 0) is 4.79 Å². The van der Waals surface area contributed by atoms with E-state index in [1.807, 2.05) is 0 Å². The van der Waals surface area contributed by atoms with Crippen LogP contribution in [-0.4, -0.2) is 11.1 Å². The number of hydrogen-bond donors (Lipinski definition) is 1. The summed E-state index contributed by atoms with van der Waals surface area (Å²) in [6.07, 6.45) is 2.41. The van der Waals surface area contributed by atoms with E-state index in [0.29, 0.717) is 0 Å². The molecule has 0 bridgehead atoms. The van der Waals surface area contributed by atoms with Crippen LogP contribution in [0.25, 0.3) is 6.08 Å². The molecule has 0 atom stereocenters. The number of halogens is 3. The van der Waals surface area contributed by atoms with Crippen molar-refractivity contribution in [1.29, 1.82) is 0 Å². The third-order valence-electron chi connectivity index (χ3n) is 1.61. The highest BCUT2D eigenvalue weighted by atomic mass is 35.5. The highest BCUT2D eigenvalue weighted by Crippen LogP contribution is 2.21. The van der Waals surface area contributed by atoms with Gasteiger partial charge < -0.3 is 5.11 Å². The number of benzene rings is 1. The zero-order valence-electron chi connectivity index (χ0n) is 7.51. The number of carboxylic acids is 1. The van der Waals surface area contributed by atoms with Gasteiger partial charge in [-0.15, -0.1) is 0 Å². The van der Waals surface area contributed by atoms with E-state index in [1.54, 1.807) is 0 Å². The third-order valence-corrected chi connectivity index (χ3v) is 1.97. The standard InChI is InChI=1S/C10H7ClF2O2/c11-10-7(12)4-6(5-8(10)13)2-1-3-9(14)15/h1-2,4-5H,3H2,(H,14,15). The first-order valence-electron chi connectivity index (χ1n) is 4.03. The summed E-state index contributed by atoms with van der Waals surface area (Å²) in [6, 6.07) is 2.06. The molecule has 0 amide bonds. The molecule has 0 aliphatic heterocycles. The Labute approximate surface area is 89.8 Å². The maximum atomic E-state index is 12.9. The summed E-state index contributed by atoms with van der Waals surface area (Å²) in [7, 11) is 0. The lowest BCUT2D eigenvalue weighted by Crippen LogP contribution is -1.90. The quantitative estimate of drug-likeness (QED) is 0.813. The van der Waals surface area contributed by atoms with Gasteiger partial charge in [0.05, 0.1) is 6.42 Å². The van der Waals surface area contributed by atoms with Crippen LogP contribution in [0.15, 0.2) is 18.2 Å². The molecule has 0 aliphatic carbocycles. The lowest BCUT2D eigenvalue weighted by atomic mass is 10.2. The molecule has 0 aromatic heterocycles. The second-order valence-electron chi connectivity index (χ2n) is 2.80. The molecule has 0 unspecified atom stereocenters. The second kappa shape index (κ2) is 4.89. The van der Waals surface area contributed by atoms with E-state index in [9.17, 15) is 13.6 Å². The number of hydrogen-bond acceptors (Lipinski definition) is 1. The molecule has 0 saturated carbocycles. The van der Waals surface area contributed by atoms with Gasteiger partial charge in [0.1, 0.15) is 16.7 Å². The van der Waals surface area contributed by atoms with Gasteiger partial charge in [-0.25, -0.2) is 8.78 Å². The monoisotopic (exact) mass is 232 g/mol. The Hall–Kier alpha value is -1.42. The van der Waals surface area contributed by atoms with Crippen molar-refractivity contribution in [2.45, 2.75) is 6.42 Å². The molecule has 0 fully saturated rings. The van der Waals surface area contributed by atoms with Crippen LogP contribution in [0, 0.1) is 11.6 Å². The Morgan fingerprint density at radius 2 is 1.93 bits per heavy atom. The van der Waals surface area contributed by atoms with Crippen LogP contribution < -0.4 is 0 Å². The minimum Gasteiger partial charge on any atom is -0.481 e. The summed E-state index contributed by atoms with van der Waals surface area (Å²) in [5, 5.41) is 7.76.